The van der Waals surface area contributed by atoms with Crippen LogP contribution in [-0.4, -0.2) is 16.5 Å². The van der Waals surface area contributed by atoms with E-state index < -0.39 is 5.60 Å². The Bertz CT molecular complexity index is 968. The van der Waals surface area contributed by atoms with E-state index in [0.717, 1.165) is 22.0 Å². The second-order valence-electron chi connectivity index (χ2n) is 6.68. The van der Waals surface area contributed by atoms with Gasteiger partial charge >= 0.3 is 0 Å². The lowest BCUT2D eigenvalue weighted by Gasteiger charge is -2.38. The third kappa shape index (κ3) is 2.74. The lowest BCUT2D eigenvalue weighted by atomic mass is 9.79. The molecule has 0 bridgehead atoms. The summed E-state index contributed by atoms with van der Waals surface area (Å²) < 4.78 is 6.34. The van der Waals surface area contributed by atoms with Crippen molar-refractivity contribution < 1.29 is 9.66 Å². The molecule has 3 aromatic rings. The molecule has 0 saturated heterocycles. The maximum Gasteiger partial charge on any atom is 0.210 e. The SMILES string of the molecule is C[C@]1(c2c[nH]c3ccc(Cl)cc23)C[C@H](C[N+](=O)[O-])c2ccccc2O1. The Labute approximate surface area is 149 Å². The van der Waals surface area contributed by atoms with E-state index >= 15 is 0 Å². The monoisotopic (exact) mass is 356 g/mol. The van der Waals surface area contributed by atoms with E-state index in [2.05, 4.69) is 4.98 Å². The van der Waals surface area contributed by atoms with Crippen molar-refractivity contribution in [2.45, 2.75) is 24.9 Å². The second kappa shape index (κ2) is 5.77. The van der Waals surface area contributed by atoms with Crippen LogP contribution in [-0.2, 0) is 5.60 Å². The molecule has 0 aliphatic carbocycles. The number of nitro groups is 1. The van der Waals surface area contributed by atoms with E-state index in [1.165, 1.54) is 0 Å². The quantitative estimate of drug-likeness (QED) is 0.537. The van der Waals surface area contributed by atoms with E-state index in [4.69, 9.17) is 16.3 Å². The van der Waals surface area contributed by atoms with Crippen molar-refractivity contribution >= 4 is 22.5 Å². The third-order valence-electron chi connectivity index (χ3n) is 4.91. The van der Waals surface area contributed by atoms with Gasteiger partial charge in [0.05, 0.1) is 5.92 Å². The summed E-state index contributed by atoms with van der Waals surface area (Å²) in [6.07, 6.45) is 2.45. The molecule has 2 heterocycles. The Morgan fingerprint density at radius 2 is 2.16 bits per heavy atom. The average molecular weight is 357 g/mol. The summed E-state index contributed by atoms with van der Waals surface area (Å²) in [7, 11) is 0. The van der Waals surface area contributed by atoms with Crippen LogP contribution in [0.4, 0.5) is 0 Å². The number of H-pyrrole nitrogens is 1. The number of benzene rings is 2. The van der Waals surface area contributed by atoms with Crippen LogP contribution in [0.5, 0.6) is 5.75 Å². The highest BCUT2D eigenvalue weighted by molar-refractivity contribution is 6.31. The molecule has 0 saturated carbocycles. The van der Waals surface area contributed by atoms with E-state index in [1.54, 1.807) is 0 Å². The smallest absolute Gasteiger partial charge is 0.210 e. The molecule has 1 aromatic heterocycles. The molecule has 1 N–H and O–H groups in total. The fourth-order valence-corrected chi connectivity index (χ4v) is 3.99. The molecule has 0 amide bonds. The molecule has 1 aliphatic rings. The third-order valence-corrected chi connectivity index (χ3v) is 5.15. The van der Waals surface area contributed by atoms with Gasteiger partial charge in [0.1, 0.15) is 11.4 Å². The van der Waals surface area contributed by atoms with Crippen molar-refractivity contribution in [3.63, 3.8) is 0 Å². The highest BCUT2D eigenvalue weighted by Gasteiger charge is 2.41. The summed E-state index contributed by atoms with van der Waals surface area (Å²) in [6, 6.07) is 13.2. The van der Waals surface area contributed by atoms with Gasteiger partial charge in [0, 0.05) is 44.6 Å². The van der Waals surface area contributed by atoms with Gasteiger partial charge in [-0.2, -0.15) is 0 Å². The minimum atomic E-state index is -0.669. The van der Waals surface area contributed by atoms with Crippen molar-refractivity contribution in [2.24, 2.45) is 0 Å². The summed E-state index contributed by atoms with van der Waals surface area (Å²) in [4.78, 5) is 14.2. The number of halogens is 1. The van der Waals surface area contributed by atoms with Gasteiger partial charge in [-0.15, -0.1) is 0 Å². The number of nitrogens with zero attached hydrogens (tertiary/aromatic N) is 1. The first kappa shape index (κ1) is 16.0. The molecule has 25 heavy (non-hydrogen) atoms. The van der Waals surface area contributed by atoms with Gasteiger partial charge in [-0.05, 0) is 31.2 Å². The van der Waals surface area contributed by atoms with Crippen molar-refractivity contribution in [3.8, 4) is 5.75 Å². The number of nitrogens with one attached hydrogen (secondary N) is 1. The minimum absolute atomic E-state index is 0.112. The molecule has 1 aliphatic heterocycles. The first-order chi connectivity index (χ1) is 12.0. The van der Waals surface area contributed by atoms with Crippen molar-refractivity contribution in [2.75, 3.05) is 6.54 Å². The molecule has 6 heteroatoms. The number of rotatable bonds is 3. The van der Waals surface area contributed by atoms with Crippen molar-refractivity contribution in [1.29, 1.82) is 0 Å². The zero-order chi connectivity index (χ0) is 17.6. The van der Waals surface area contributed by atoms with Gasteiger partial charge in [0.25, 0.3) is 0 Å². The maximum atomic E-state index is 11.2. The van der Waals surface area contributed by atoms with Gasteiger partial charge in [0.15, 0.2) is 0 Å². The molecule has 0 spiro atoms. The maximum absolute atomic E-state index is 11.2. The number of ether oxygens (including phenoxy) is 1. The lowest BCUT2D eigenvalue weighted by Crippen LogP contribution is -2.37. The Hall–Kier alpha value is -2.53. The highest BCUT2D eigenvalue weighted by Crippen LogP contribution is 2.47. The first-order valence-electron chi connectivity index (χ1n) is 8.13. The van der Waals surface area contributed by atoms with Crippen LogP contribution in [0, 0.1) is 10.1 Å². The molecular formula is C19H17ClN2O3. The van der Waals surface area contributed by atoms with Gasteiger partial charge in [-0.25, -0.2) is 0 Å². The van der Waals surface area contributed by atoms with Gasteiger partial charge in [0.2, 0.25) is 6.54 Å². The number of hydrogen-bond acceptors (Lipinski definition) is 3. The number of aromatic amines is 1. The summed E-state index contributed by atoms with van der Waals surface area (Å²) >= 11 is 6.17. The number of hydrogen-bond donors (Lipinski definition) is 1. The van der Waals surface area contributed by atoms with Crippen LogP contribution in [0.2, 0.25) is 5.02 Å². The van der Waals surface area contributed by atoms with Crippen LogP contribution in [0.25, 0.3) is 10.9 Å². The Balaban J connectivity index is 1.83. The van der Waals surface area contributed by atoms with Crippen LogP contribution >= 0.6 is 11.6 Å². The lowest BCUT2D eigenvalue weighted by molar-refractivity contribution is -0.484. The molecule has 2 atom stereocenters. The summed E-state index contributed by atoms with van der Waals surface area (Å²) in [5.41, 5.74) is 2.16. The molecule has 0 fully saturated rings. The fraction of sp³-hybridized carbons (Fsp3) is 0.263. The summed E-state index contributed by atoms with van der Waals surface area (Å²) in [5, 5.41) is 12.8. The standard InChI is InChI=1S/C19H17ClN2O3/c1-19(16-10-21-17-7-6-13(20)8-15(16)17)9-12(11-22(23)24)14-4-2-3-5-18(14)25-19/h2-8,10,12,21H,9,11H2,1H3/t12-,19-/m1/s1. The molecule has 0 radical (unpaired) electrons. The van der Waals surface area contributed by atoms with E-state index in [0.29, 0.717) is 17.2 Å². The molecule has 0 unspecified atom stereocenters. The Kier molecular flexibility index (Phi) is 3.69. The molecule has 5 nitrogen and oxygen atoms in total. The number of para-hydroxylation sites is 1. The van der Waals surface area contributed by atoms with E-state index in [9.17, 15) is 10.1 Å². The first-order valence-corrected chi connectivity index (χ1v) is 8.51. The van der Waals surface area contributed by atoms with Crippen molar-refractivity contribution in [3.05, 3.63) is 74.9 Å². The Morgan fingerprint density at radius 1 is 1.36 bits per heavy atom. The molecule has 4 rings (SSSR count). The second-order valence-corrected chi connectivity index (χ2v) is 7.12. The largest absolute Gasteiger partial charge is 0.482 e. The molecule has 128 valence electrons. The van der Waals surface area contributed by atoms with Gasteiger partial charge in [-0.3, -0.25) is 10.1 Å². The zero-order valence-electron chi connectivity index (χ0n) is 13.7. The number of aromatic nitrogens is 1. The number of fused-ring (bicyclic) bond motifs is 2. The molecular weight excluding hydrogens is 340 g/mol. The highest BCUT2D eigenvalue weighted by atomic mass is 35.5. The van der Waals surface area contributed by atoms with Crippen molar-refractivity contribution in [1.82, 2.24) is 4.98 Å². The normalized spacial score (nSPS) is 22.4. The van der Waals surface area contributed by atoms with E-state index in [-0.39, 0.29) is 17.4 Å². The molecule has 2 aromatic carbocycles. The van der Waals surface area contributed by atoms with E-state index in [1.807, 2.05) is 55.6 Å². The summed E-state index contributed by atoms with van der Waals surface area (Å²) in [6.45, 7) is 1.87. The predicted octanol–water partition coefficient (Wildman–Crippen LogP) is 4.88. The topological polar surface area (TPSA) is 68.2 Å². The van der Waals surface area contributed by atoms with Crippen LogP contribution in [0.3, 0.4) is 0 Å². The van der Waals surface area contributed by atoms with Crippen LogP contribution < -0.4 is 4.74 Å². The summed E-state index contributed by atoms with van der Waals surface area (Å²) in [5.74, 6) is 0.508. The predicted molar refractivity (Wildman–Crippen MR) is 97.0 cm³/mol. The fourth-order valence-electron chi connectivity index (χ4n) is 3.81. The average Bonchev–Trinajstić information content (AvgIpc) is 2.98. The Morgan fingerprint density at radius 3 is 2.96 bits per heavy atom. The van der Waals surface area contributed by atoms with Crippen LogP contribution in [0.15, 0.2) is 48.7 Å². The minimum Gasteiger partial charge on any atom is -0.482 e. The van der Waals surface area contributed by atoms with Gasteiger partial charge < -0.3 is 9.72 Å². The van der Waals surface area contributed by atoms with Crippen LogP contribution in [0.1, 0.15) is 30.4 Å². The zero-order valence-corrected chi connectivity index (χ0v) is 14.4. The van der Waals surface area contributed by atoms with Gasteiger partial charge in [-0.1, -0.05) is 29.8 Å².